The molecule has 0 fully saturated rings. The van der Waals surface area contributed by atoms with Gasteiger partial charge in [-0.3, -0.25) is 4.98 Å². The summed E-state index contributed by atoms with van der Waals surface area (Å²) in [4.78, 5) is 16.1. The van der Waals surface area contributed by atoms with E-state index in [1.807, 2.05) is 18.2 Å². The molecule has 0 aliphatic carbocycles. The van der Waals surface area contributed by atoms with E-state index in [9.17, 15) is 4.79 Å². The van der Waals surface area contributed by atoms with Crippen LogP contribution < -0.4 is 10.5 Å². The molecule has 20 heavy (non-hydrogen) atoms. The molecule has 5 heteroatoms. The van der Waals surface area contributed by atoms with Gasteiger partial charge in [0.2, 0.25) is 0 Å². The molecule has 0 atom stereocenters. The molecule has 0 spiro atoms. The molecule has 1 aromatic carbocycles. The number of ether oxygens (including phenoxy) is 2. The van der Waals surface area contributed by atoms with E-state index >= 15 is 0 Å². The fourth-order valence-electron chi connectivity index (χ4n) is 1.75. The van der Waals surface area contributed by atoms with Crippen LogP contribution >= 0.6 is 0 Å². The number of benzene rings is 1. The summed E-state index contributed by atoms with van der Waals surface area (Å²) in [6.07, 6.45) is 2.28. The Morgan fingerprint density at radius 1 is 1.30 bits per heavy atom. The van der Waals surface area contributed by atoms with Crippen LogP contribution in [0.1, 0.15) is 16.1 Å². The van der Waals surface area contributed by atoms with Gasteiger partial charge in [0, 0.05) is 30.1 Å². The standard InChI is InChI=1S/C15H16N2O3/c1-19-14-10-11(16)5-6-13(14)15(18)20-9-7-12-4-2-3-8-17-12/h2-6,8,10H,7,9,16H2,1H3. The Kier molecular flexibility index (Phi) is 4.55. The molecular formula is C15H16N2O3. The molecule has 0 aliphatic heterocycles. The molecule has 0 aliphatic rings. The number of carbonyl (C=O) groups is 1. The summed E-state index contributed by atoms with van der Waals surface area (Å²) in [5.41, 5.74) is 7.42. The Labute approximate surface area is 117 Å². The Balaban J connectivity index is 1.95. The number of aromatic nitrogens is 1. The van der Waals surface area contributed by atoms with Gasteiger partial charge in [-0.15, -0.1) is 0 Å². The van der Waals surface area contributed by atoms with Crippen molar-refractivity contribution >= 4 is 11.7 Å². The van der Waals surface area contributed by atoms with Crippen molar-refractivity contribution in [2.45, 2.75) is 6.42 Å². The van der Waals surface area contributed by atoms with E-state index in [4.69, 9.17) is 15.2 Å². The smallest absolute Gasteiger partial charge is 0.341 e. The molecule has 0 bridgehead atoms. The molecule has 5 nitrogen and oxygen atoms in total. The second-order valence-electron chi connectivity index (χ2n) is 4.17. The lowest BCUT2D eigenvalue weighted by molar-refractivity contribution is 0.0505. The summed E-state index contributed by atoms with van der Waals surface area (Å²) in [7, 11) is 1.49. The van der Waals surface area contributed by atoms with Crippen LogP contribution in [0.5, 0.6) is 5.75 Å². The first-order valence-corrected chi connectivity index (χ1v) is 6.21. The molecule has 0 unspecified atom stereocenters. The van der Waals surface area contributed by atoms with E-state index in [2.05, 4.69) is 4.98 Å². The molecule has 2 rings (SSSR count). The van der Waals surface area contributed by atoms with Crippen molar-refractivity contribution in [1.29, 1.82) is 0 Å². The fraction of sp³-hybridized carbons (Fsp3) is 0.200. The number of rotatable bonds is 5. The largest absolute Gasteiger partial charge is 0.496 e. The van der Waals surface area contributed by atoms with Crippen LogP contribution in [0, 0.1) is 0 Å². The first-order chi connectivity index (χ1) is 9.70. The number of hydrogen-bond donors (Lipinski definition) is 1. The number of carbonyl (C=O) groups excluding carboxylic acids is 1. The van der Waals surface area contributed by atoms with Crippen molar-refractivity contribution in [3.63, 3.8) is 0 Å². The third kappa shape index (κ3) is 3.47. The zero-order chi connectivity index (χ0) is 14.4. The monoisotopic (exact) mass is 272 g/mol. The van der Waals surface area contributed by atoms with Gasteiger partial charge in [-0.05, 0) is 24.3 Å². The van der Waals surface area contributed by atoms with E-state index in [1.165, 1.54) is 7.11 Å². The summed E-state index contributed by atoms with van der Waals surface area (Å²) >= 11 is 0. The SMILES string of the molecule is COc1cc(N)ccc1C(=O)OCCc1ccccn1. The highest BCUT2D eigenvalue weighted by atomic mass is 16.5. The number of anilines is 1. The highest BCUT2D eigenvalue weighted by molar-refractivity contribution is 5.93. The third-order valence-electron chi connectivity index (χ3n) is 2.76. The molecule has 0 saturated carbocycles. The molecule has 2 N–H and O–H groups in total. The molecule has 2 aromatic rings. The Bertz CT molecular complexity index is 585. The normalized spacial score (nSPS) is 10.1. The summed E-state index contributed by atoms with van der Waals surface area (Å²) in [6.45, 7) is 0.267. The predicted molar refractivity (Wildman–Crippen MR) is 75.6 cm³/mol. The number of hydrogen-bond acceptors (Lipinski definition) is 5. The topological polar surface area (TPSA) is 74.4 Å². The zero-order valence-corrected chi connectivity index (χ0v) is 11.2. The molecule has 1 heterocycles. The van der Waals surface area contributed by atoms with Gasteiger partial charge in [-0.2, -0.15) is 0 Å². The van der Waals surface area contributed by atoms with Gasteiger partial charge in [0.1, 0.15) is 11.3 Å². The number of esters is 1. The number of nitrogens with two attached hydrogens (primary N) is 1. The summed E-state index contributed by atoms with van der Waals surface area (Å²) in [5.74, 6) is -0.0226. The zero-order valence-electron chi connectivity index (χ0n) is 11.2. The highest BCUT2D eigenvalue weighted by Crippen LogP contribution is 2.22. The van der Waals surface area contributed by atoms with Crippen molar-refractivity contribution < 1.29 is 14.3 Å². The van der Waals surface area contributed by atoms with Crippen molar-refractivity contribution in [3.05, 3.63) is 53.9 Å². The minimum absolute atomic E-state index is 0.267. The minimum Gasteiger partial charge on any atom is -0.496 e. The van der Waals surface area contributed by atoms with Gasteiger partial charge < -0.3 is 15.2 Å². The first kappa shape index (κ1) is 13.9. The van der Waals surface area contributed by atoms with Crippen LogP contribution in [-0.4, -0.2) is 24.7 Å². The molecule has 1 aromatic heterocycles. The van der Waals surface area contributed by atoms with Crippen molar-refractivity contribution in [1.82, 2.24) is 4.98 Å². The van der Waals surface area contributed by atoms with Gasteiger partial charge in [0.05, 0.1) is 13.7 Å². The van der Waals surface area contributed by atoms with E-state index in [0.29, 0.717) is 23.4 Å². The maximum atomic E-state index is 12.0. The van der Waals surface area contributed by atoms with Crippen molar-refractivity contribution in [3.8, 4) is 5.75 Å². The highest BCUT2D eigenvalue weighted by Gasteiger charge is 2.13. The molecule has 0 amide bonds. The van der Waals surface area contributed by atoms with E-state index in [-0.39, 0.29) is 6.61 Å². The number of nitrogens with zero attached hydrogens (tertiary/aromatic N) is 1. The van der Waals surface area contributed by atoms with Crippen LogP contribution in [0.25, 0.3) is 0 Å². The average Bonchev–Trinajstić information content (AvgIpc) is 2.48. The maximum absolute atomic E-state index is 12.0. The van der Waals surface area contributed by atoms with Crippen molar-refractivity contribution in [2.24, 2.45) is 0 Å². The molecule has 104 valence electrons. The molecule has 0 saturated heterocycles. The van der Waals surface area contributed by atoms with Crippen LogP contribution in [0.15, 0.2) is 42.6 Å². The Hall–Kier alpha value is -2.56. The average molecular weight is 272 g/mol. The van der Waals surface area contributed by atoms with Gasteiger partial charge in [-0.25, -0.2) is 4.79 Å². The fourth-order valence-corrected chi connectivity index (χ4v) is 1.75. The number of pyridine rings is 1. The van der Waals surface area contributed by atoms with Gasteiger partial charge in [0.15, 0.2) is 0 Å². The second-order valence-corrected chi connectivity index (χ2v) is 4.17. The lowest BCUT2D eigenvalue weighted by Gasteiger charge is -2.09. The van der Waals surface area contributed by atoms with Crippen molar-refractivity contribution in [2.75, 3.05) is 19.5 Å². The lowest BCUT2D eigenvalue weighted by Crippen LogP contribution is -2.10. The predicted octanol–water partition coefficient (Wildman–Crippen LogP) is 2.07. The Morgan fingerprint density at radius 2 is 2.15 bits per heavy atom. The van der Waals surface area contributed by atoms with Crippen LogP contribution in [0.2, 0.25) is 0 Å². The first-order valence-electron chi connectivity index (χ1n) is 6.21. The van der Waals surface area contributed by atoms with E-state index in [1.54, 1.807) is 24.4 Å². The molecular weight excluding hydrogens is 256 g/mol. The quantitative estimate of drug-likeness (QED) is 0.666. The minimum atomic E-state index is -0.433. The maximum Gasteiger partial charge on any atom is 0.341 e. The van der Waals surface area contributed by atoms with Gasteiger partial charge in [0.25, 0.3) is 0 Å². The number of nitrogen functional groups attached to an aromatic ring is 1. The number of methoxy groups -OCH3 is 1. The van der Waals surface area contributed by atoms with E-state index < -0.39 is 5.97 Å². The summed E-state index contributed by atoms with van der Waals surface area (Å²) < 4.78 is 10.3. The second kappa shape index (κ2) is 6.56. The van der Waals surface area contributed by atoms with Gasteiger partial charge >= 0.3 is 5.97 Å². The van der Waals surface area contributed by atoms with Crippen LogP contribution in [0.3, 0.4) is 0 Å². The lowest BCUT2D eigenvalue weighted by atomic mass is 10.2. The molecule has 0 radical (unpaired) electrons. The van der Waals surface area contributed by atoms with Crippen LogP contribution in [0.4, 0.5) is 5.69 Å². The van der Waals surface area contributed by atoms with E-state index in [0.717, 1.165) is 5.69 Å². The summed E-state index contributed by atoms with van der Waals surface area (Å²) in [5, 5.41) is 0. The third-order valence-corrected chi connectivity index (χ3v) is 2.76. The Morgan fingerprint density at radius 3 is 2.85 bits per heavy atom. The summed E-state index contributed by atoms with van der Waals surface area (Å²) in [6, 6.07) is 10.4. The van der Waals surface area contributed by atoms with Crippen LogP contribution in [-0.2, 0) is 11.2 Å². The van der Waals surface area contributed by atoms with Gasteiger partial charge in [-0.1, -0.05) is 6.07 Å².